The van der Waals surface area contributed by atoms with Crippen LogP contribution in [0.3, 0.4) is 0 Å². The largest absolute Gasteiger partial charge is 0.397 e. The molecule has 0 radical (unpaired) electrons. The summed E-state index contributed by atoms with van der Waals surface area (Å²) in [6.45, 7) is 4.38. The van der Waals surface area contributed by atoms with Crippen molar-refractivity contribution in [3.8, 4) is 0 Å². The molecule has 0 aliphatic rings. The molecule has 2 aromatic rings. The quantitative estimate of drug-likeness (QED) is 0.794. The molecule has 0 saturated heterocycles. The molecule has 0 atom stereocenters. The third kappa shape index (κ3) is 4.04. The summed E-state index contributed by atoms with van der Waals surface area (Å²) in [5.41, 5.74) is 7.34. The van der Waals surface area contributed by atoms with Gasteiger partial charge in [0.2, 0.25) is 0 Å². The molecule has 1 aromatic carbocycles. The van der Waals surface area contributed by atoms with Gasteiger partial charge in [-0.15, -0.1) is 11.3 Å². The second-order valence-corrected chi connectivity index (χ2v) is 6.27. The molecule has 112 valence electrons. The van der Waals surface area contributed by atoms with E-state index >= 15 is 0 Å². The van der Waals surface area contributed by atoms with E-state index in [9.17, 15) is 9.18 Å². The third-order valence-corrected chi connectivity index (χ3v) is 4.23. The monoisotopic (exact) mass is 306 g/mol. The molecule has 0 bridgehead atoms. The summed E-state index contributed by atoms with van der Waals surface area (Å²) in [5.74, 6) is -0.223. The van der Waals surface area contributed by atoms with Gasteiger partial charge in [0.25, 0.3) is 0 Å². The zero-order valence-corrected chi connectivity index (χ0v) is 13.0. The molecule has 0 aliphatic carbocycles. The summed E-state index contributed by atoms with van der Waals surface area (Å²) in [6, 6.07) is 8.33. The molecule has 5 heteroatoms. The van der Waals surface area contributed by atoms with Crippen LogP contribution in [-0.2, 0) is 6.42 Å². The Hall–Kier alpha value is -1.88. The lowest BCUT2D eigenvalue weighted by molar-refractivity contribution is 0.0944. The second kappa shape index (κ2) is 6.72. The summed E-state index contributed by atoms with van der Waals surface area (Å²) in [7, 11) is 0. The van der Waals surface area contributed by atoms with Crippen molar-refractivity contribution in [2.24, 2.45) is 5.92 Å². The van der Waals surface area contributed by atoms with E-state index in [4.69, 9.17) is 5.73 Å². The molecule has 0 spiro atoms. The molecular formula is C16H19FN2OS. The highest BCUT2D eigenvalue weighted by atomic mass is 32.1. The number of nitrogens with one attached hydrogen (secondary N) is 1. The first kappa shape index (κ1) is 15.5. The van der Waals surface area contributed by atoms with Crippen molar-refractivity contribution >= 4 is 27.8 Å². The first-order valence-corrected chi connectivity index (χ1v) is 7.71. The lowest BCUT2D eigenvalue weighted by Gasteiger charge is -2.04. The van der Waals surface area contributed by atoms with Crippen molar-refractivity contribution in [3.05, 3.63) is 46.6 Å². The zero-order chi connectivity index (χ0) is 15.4. The van der Waals surface area contributed by atoms with Crippen molar-refractivity contribution in [2.45, 2.75) is 20.3 Å². The van der Waals surface area contributed by atoms with Crippen molar-refractivity contribution in [2.75, 3.05) is 17.6 Å². The number of benzene rings is 1. The fraction of sp³-hybridized carbons (Fsp3) is 0.312. The molecule has 21 heavy (non-hydrogen) atoms. The van der Waals surface area contributed by atoms with E-state index in [2.05, 4.69) is 5.32 Å². The van der Waals surface area contributed by atoms with E-state index in [-0.39, 0.29) is 17.5 Å². The second-order valence-electron chi connectivity index (χ2n) is 5.22. The number of halogens is 1. The number of ketones is 1. The predicted molar refractivity (Wildman–Crippen MR) is 86.5 cm³/mol. The Bertz CT molecular complexity index is 637. The Kier molecular flexibility index (Phi) is 4.96. The minimum absolute atomic E-state index is 0.0638. The first-order valence-electron chi connectivity index (χ1n) is 6.89. The average Bonchev–Trinajstić information content (AvgIpc) is 2.79. The number of carbonyl (C=O) groups is 1. The number of Topliss-reactive ketones (excluding diaryl/α,β-unsaturated/α-hetero) is 1. The number of thiophene rings is 1. The van der Waals surface area contributed by atoms with Crippen molar-refractivity contribution in [1.82, 2.24) is 0 Å². The summed E-state index contributed by atoms with van der Waals surface area (Å²) in [6.07, 6.45) is 0.711. The molecule has 0 amide bonds. The number of rotatable bonds is 6. The maximum Gasteiger partial charge on any atom is 0.177 e. The Labute approximate surface area is 128 Å². The molecule has 0 saturated carbocycles. The van der Waals surface area contributed by atoms with Gasteiger partial charge in [-0.05, 0) is 30.2 Å². The normalized spacial score (nSPS) is 10.9. The molecule has 3 N–H and O–H groups in total. The van der Waals surface area contributed by atoms with Gasteiger partial charge in [0.05, 0.1) is 15.6 Å². The Morgan fingerprint density at radius 3 is 2.81 bits per heavy atom. The van der Waals surface area contributed by atoms with Crippen LogP contribution >= 0.6 is 11.3 Å². The molecular weight excluding hydrogens is 287 g/mol. The van der Waals surface area contributed by atoms with Gasteiger partial charge in [0.15, 0.2) is 5.78 Å². The van der Waals surface area contributed by atoms with Crippen molar-refractivity contribution in [1.29, 1.82) is 0 Å². The Balaban J connectivity index is 1.95. The zero-order valence-electron chi connectivity index (χ0n) is 12.2. The lowest BCUT2D eigenvalue weighted by atomic mass is 10.1. The van der Waals surface area contributed by atoms with Gasteiger partial charge in [-0.2, -0.15) is 0 Å². The van der Waals surface area contributed by atoms with Gasteiger partial charge in [-0.25, -0.2) is 4.39 Å². The molecule has 0 aliphatic heterocycles. The van der Waals surface area contributed by atoms with Crippen molar-refractivity contribution < 1.29 is 9.18 Å². The summed E-state index contributed by atoms with van der Waals surface area (Å²) < 4.78 is 13.1. The maximum absolute atomic E-state index is 13.1. The van der Waals surface area contributed by atoms with Crippen LogP contribution in [0.4, 0.5) is 15.1 Å². The average molecular weight is 306 g/mol. The minimum atomic E-state index is -0.224. The highest BCUT2D eigenvalue weighted by Gasteiger charge is 2.17. The number of anilines is 2. The fourth-order valence-corrected chi connectivity index (χ4v) is 3.06. The Morgan fingerprint density at radius 1 is 1.38 bits per heavy atom. The smallest absolute Gasteiger partial charge is 0.177 e. The third-order valence-electron chi connectivity index (χ3n) is 3.11. The van der Waals surface area contributed by atoms with E-state index in [0.717, 1.165) is 10.6 Å². The molecule has 1 aromatic heterocycles. The molecule has 0 fully saturated rings. The van der Waals surface area contributed by atoms with Gasteiger partial charge in [0, 0.05) is 12.5 Å². The highest BCUT2D eigenvalue weighted by molar-refractivity contribution is 7.18. The van der Waals surface area contributed by atoms with Crippen LogP contribution in [0.25, 0.3) is 0 Å². The highest BCUT2D eigenvalue weighted by Crippen LogP contribution is 2.31. The lowest BCUT2D eigenvalue weighted by Crippen LogP contribution is -2.07. The number of hydrogen-bond acceptors (Lipinski definition) is 4. The predicted octanol–water partition coefficient (Wildman–Crippen LogP) is 3.96. The van der Waals surface area contributed by atoms with Gasteiger partial charge >= 0.3 is 0 Å². The van der Waals surface area contributed by atoms with Crippen LogP contribution in [0.1, 0.15) is 29.1 Å². The number of nitrogens with two attached hydrogens (primary N) is 1. The van der Waals surface area contributed by atoms with E-state index in [1.54, 1.807) is 12.1 Å². The Morgan fingerprint density at radius 2 is 2.14 bits per heavy atom. The summed E-state index contributed by atoms with van der Waals surface area (Å²) >= 11 is 1.37. The van der Waals surface area contributed by atoms with Crippen LogP contribution in [-0.4, -0.2) is 12.3 Å². The number of hydrogen-bond donors (Lipinski definition) is 2. The van der Waals surface area contributed by atoms with Gasteiger partial charge < -0.3 is 11.1 Å². The van der Waals surface area contributed by atoms with Gasteiger partial charge in [-0.1, -0.05) is 26.0 Å². The van der Waals surface area contributed by atoms with E-state index in [0.29, 0.717) is 23.5 Å². The standard InChI is InChI=1S/C16H19FN2OS/c1-10(2)15(20)16-13(18)9-14(21-16)19-7-6-11-4-3-5-12(17)8-11/h3-5,8-10,19H,6-7,18H2,1-2H3. The maximum atomic E-state index is 13.1. The molecule has 2 rings (SSSR count). The minimum Gasteiger partial charge on any atom is -0.397 e. The summed E-state index contributed by atoms with van der Waals surface area (Å²) in [5, 5.41) is 4.10. The van der Waals surface area contributed by atoms with Crippen LogP contribution in [0, 0.1) is 11.7 Å². The summed E-state index contributed by atoms with van der Waals surface area (Å²) in [4.78, 5) is 12.6. The first-order chi connectivity index (χ1) is 9.97. The van der Waals surface area contributed by atoms with E-state index in [1.807, 2.05) is 19.9 Å². The fourth-order valence-electron chi connectivity index (χ4n) is 1.97. The van der Waals surface area contributed by atoms with Crippen LogP contribution < -0.4 is 11.1 Å². The van der Waals surface area contributed by atoms with Crippen LogP contribution in [0.2, 0.25) is 0 Å². The van der Waals surface area contributed by atoms with Gasteiger partial charge in [0.1, 0.15) is 5.82 Å². The molecule has 3 nitrogen and oxygen atoms in total. The molecule has 0 unspecified atom stereocenters. The van der Waals surface area contributed by atoms with Crippen LogP contribution in [0.15, 0.2) is 30.3 Å². The topological polar surface area (TPSA) is 55.1 Å². The molecule has 1 heterocycles. The van der Waals surface area contributed by atoms with E-state index in [1.165, 1.54) is 23.5 Å². The van der Waals surface area contributed by atoms with Gasteiger partial charge in [-0.3, -0.25) is 4.79 Å². The SMILES string of the molecule is CC(C)C(=O)c1sc(NCCc2cccc(F)c2)cc1N. The number of carbonyl (C=O) groups excluding carboxylic acids is 1. The van der Waals surface area contributed by atoms with Crippen molar-refractivity contribution in [3.63, 3.8) is 0 Å². The van der Waals surface area contributed by atoms with Crippen LogP contribution in [0.5, 0.6) is 0 Å². The number of nitrogen functional groups attached to an aromatic ring is 1. The van der Waals surface area contributed by atoms with E-state index < -0.39 is 0 Å².